The molecule has 1 aliphatic rings. The summed E-state index contributed by atoms with van der Waals surface area (Å²) in [7, 11) is 0. The van der Waals surface area contributed by atoms with Crippen molar-refractivity contribution < 1.29 is 4.79 Å². The normalized spacial score (nSPS) is 15.4. The molecule has 1 aliphatic heterocycles. The highest BCUT2D eigenvalue weighted by Gasteiger charge is 2.25. The number of hydrogen-bond donors (Lipinski definition) is 1. The lowest BCUT2D eigenvalue weighted by Gasteiger charge is -2.25. The van der Waals surface area contributed by atoms with Gasteiger partial charge in [-0.3, -0.25) is 9.78 Å². The smallest absolute Gasteiger partial charge is 0.255 e. The van der Waals surface area contributed by atoms with Crippen molar-refractivity contribution in [1.82, 2.24) is 20.1 Å². The van der Waals surface area contributed by atoms with Crippen molar-refractivity contribution in [2.45, 2.75) is 17.4 Å². The van der Waals surface area contributed by atoms with Gasteiger partial charge in [0.25, 0.3) is 5.91 Å². The van der Waals surface area contributed by atoms with E-state index in [1.807, 2.05) is 66.4 Å². The van der Waals surface area contributed by atoms with Crippen molar-refractivity contribution in [2.75, 3.05) is 5.75 Å². The van der Waals surface area contributed by atoms with Crippen LogP contribution in [0.1, 0.15) is 28.4 Å². The molecular weight excluding hydrogens is 392 g/mol. The van der Waals surface area contributed by atoms with Crippen molar-refractivity contribution in [2.24, 2.45) is 0 Å². The van der Waals surface area contributed by atoms with Gasteiger partial charge in [-0.25, -0.2) is 4.68 Å². The number of carbonyl (C=O) groups excluding carboxylic acids is 1. The third kappa shape index (κ3) is 3.62. The molecule has 0 bridgehead atoms. The lowest BCUT2D eigenvalue weighted by molar-refractivity contribution is 0.0935. The van der Waals surface area contributed by atoms with Crippen LogP contribution in [0.3, 0.4) is 0 Å². The van der Waals surface area contributed by atoms with Gasteiger partial charge in [0, 0.05) is 34.8 Å². The number of amides is 1. The SMILES string of the molecule is O=C(N[C@@H]1CCSc2ccccc21)c1cn(-c2ccccc2)nc1-c1cccnc1. The van der Waals surface area contributed by atoms with Gasteiger partial charge in [0.2, 0.25) is 0 Å². The first-order valence-electron chi connectivity index (χ1n) is 9.88. The number of nitrogens with one attached hydrogen (secondary N) is 1. The van der Waals surface area contributed by atoms with Gasteiger partial charge in [-0.15, -0.1) is 11.8 Å². The van der Waals surface area contributed by atoms with E-state index in [1.54, 1.807) is 23.3 Å². The summed E-state index contributed by atoms with van der Waals surface area (Å²) in [6, 6.07) is 21.9. The molecule has 4 aromatic rings. The molecule has 2 aromatic carbocycles. The van der Waals surface area contributed by atoms with E-state index in [-0.39, 0.29) is 11.9 Å². The van der Waals surface area contributed by atoms with Crippen molar-refractivity contribution >= 4 is 17.7 Å². The maximum atomic E-state index is 13.4. The number of carbonyl (C=O) groups is 1. The first-order valence-corrected chi connectivity index (χ1v) is 10.9. The van der Waals surface area contributed by atoms with Crippen LogP contribution >= 0.6 is 11.8 Å². The fourth-order valence-electron chi connectivity index (χ4n) is 3.70. The highest BCUT2D eigenvalue weighted by molar-refractivity contribution is 7.99. The van der Waals surface area contributed by atoms with Gasteiger partial charge in [-0.2, -0.15) is 5.10 Å². The van der Waals surface area contributed by atoms with Gasteiger partial charge in [0.05, 0.1) is 17.3 Å². The minimum Gasteiger partial charge on any atom is -0.345 e. The van der Waals surface area contributed by atoms with Crippen LogP contribution in [0.15, 0.2) is 90.2 Å². The third-order valence-corrected chi connectivity index (χ3v) is 6.30. The summed E-state index contributed by atoms with van der Waals surface area (Å²) >= 11 is 1.84. The van der Waals surface area contributed by atoms with E-state index in [4.69, 9.17) is 5.10 Å². The fourth-order valence-corrected chi connectivity index (χ4v) is 4.82. The van der Waals surface area contributed by atoms with E-state index in [0.717, 1.165) is 23.4 Å². The number of fused-ring (bicyclic) bond motifs is 1. The van der Waals surface area contributed by atoms with Gasteiger partial charge in [0.15, 0.2) is 0 Å². The molecule has 0 saturated heterocycles. The van der Waals surface area contributed by atoms with Crippen molar-refractivity contribution in [3.63, 3.8) is 0 Å². The first-order chi connectivity index (χ1) is 14.8. The first kappa shape index (κ1) is 18.6. The van der Waals surface area contributed by atoms with Gasteiger partial charge >= 0.3 is 0 Å². The highest BCUT2D eigenvalue weighted by atomic mass is 32.2. The van der Waals surface area contributed by atoms with E-state index >= 15 is 0 Å². The molecule has 0 saturated carbocycles. The van der Waals surface area contributed by atoms with Gasteiger partial charge < -0.3 is 5.32 Å². The van der Waals surface area contributed by atoms with Crippen LogP contribution in [0, 0.1) is 0 Å². The molecular formula is C24H20N4OS. The number of pyridine rings is 1. The third-order valence-electron chi connectivity index (χ3n) is 5.18. The van der Waals surface area contributed by atoms with Crippen LogP contribution in [0.25, 0.3) is 16.9 Å². The monoisotopic (exact) mass is 412 g/mol. The second kappa shape index (κ2) is 8.16. The summed E-state index contributed by atoms with van der Waals surface area (Å²) in [5.74, 6) is 0.864. The Bertz CT molecular complexity index is 1170. The predicted molar refractivity (Wildman–Crippen MR) is 119 cm³/mol. The molecule has 1 N–H and O–H groups in total. The van der Waals surface area contributed by atoms with E-state index in [0.29, 0.717) is 11.3 Å². The van der Waals surface area contributed by atoms with Crippen molar-refractivity contribution in [3.05, 3.63) is 96.4 Å². The number of aromatic nitrogens is 3. The molecule has 148 valence electrons. The summed E-state index contributed by atoms with van der Waals surface area (Å²) < 4.78 is 1.75. The number of para-hydroxylation sites is 1. The quantitative estimate of drug-likeness (QED) is 0.518. The molecule has 0 radical (unpaired) electrons. The molecule has 30 heavy (non-hydrogen) atoms. The topological polar surface area (TPSA) is 59.8 Å². The van der Waals surface area contributed by atoms with E-state index < -0.39 is 0 Å². The Morgan fingerprint density at radius 3 is 2.70 bits per heavy atom. The number of hydrogen-bond acceptors (Lipinski definition) is 4. The molecule has 6 heteroatoms. The Morgan fingerprint density at radius 1 is 1.03 bits per heavy atom. The number of benzene rings is 2. The van der Waals surface area contributed by atoms with Gasteiger partial charge in [0.1, 0.15) is 5.69 Å². The Morgan fingerprint density at radius 2 is 1.87 bits per heavy atom. The summed E-state index contributed by atoms with van der Waals surface area (Å²) in [5, 5.41) is 7.96. The average Bonchev–Trinajstić information content (AvgIpc) is 3.26. The van der Waals surface area contributed by atoms with E-state index in [9.17, 15) is 4.79 Å². The summed E-state index contributed by atoms with van der Waals surface area (Å²) in [6.45, 7) is 0. The Kier molecular flexibility index (Phi) is 5.07. The zero-order valence-electron chi connectivity index (χ0n) is 16.2. The molecule has 1 atom stereocenters. The van der Waals surface area contributed by atoms with E-state index in [1.165, 1.54) is 10.5 Å². The molecule has 0 fully saturated rings. The average molecular weight is 413 g/mol. The number of rotatable bonds is 4. The summed E-state index contributed by atoms with van der Waals surface area (Å²) in [4.78, 5) is 18.8. The van der Waals surface area contributed by atoms with Crippen LogP contribution < -0.4 is 5.32 Å². The number of nitrogens with zero attached hydrogens (tertiary/aromatic N) is 3. The van der Waals surface area contributed by atoms with Crippen molar-refractivity contribution in [3.8, 4) is 16.9 Å². The Hall–Kier alpha value is -3.38. The largest absolute Gasteiger partial charge is 0.345 e. The van der Waals surface area contributed by atoms with Crippen molar-refractivity contribution in [1.29, 1.82) is 0 Å². The molecule has 5 rings (SSSR count). The molecule has 1 amide bonds. The lowest BCUT2D eigenvalue weighted by atomic mass is 10.0. The minimum absolute atomic E-state index is 0.00299. The van der Waals surface area contributed by atoms with Crippen LogP contribution in [0.2, 0.25) is 0 Å². The highest BCUT2D eigenvalue weighted by Crippen LogP contribution is 2.36. The molecule has 2 aromatic heterocycles. The molecule has 0 spiro atoms. The number of thioether (sulfide) groups is 1. The van der Waals surface area contributed by atoms with Crippen LogP contribution in [-0.4, -0.2) is 26.4 Å². The summed E-state index contributed by atoms with van der Waals surface area (Å²) in [6.07, 6.45) is 6.16. The van der Waals surface area contributed by atoms with Gasteiger partial charge in [-0.1, -0.05) is 36.4 Å². The molecule has 3 heterocycles. The predicted octanol–water partition coefficient (Wildman–Crippen LogP) is 4.90. The van der Waals surface area contributed by atoms with Crippen LogP contribution in [-0.2, 0) is 0 Å². The fraction of sp³-hybridized carbons (Fsp3) is 0.125. The maximum Gasteiger partial charge on any atom is 0.255 e. The minimum atomic E-state index is -0.122. The molecule has 0 unspecified atom stereocenters. The van der Waals surface area contributed by atoms with Crippen LogP contribution in [0.5, 0.6) is 0 Å². The second-order valence-corrected chi connectivity index (χ2v) is 8.25. The van der Waals surface area contributed by atoms with Crippen LogP contribution in [0.4, 0.5) is 0 Å². The standard InChI is InChI=1S/C24H20N4OS/c29-24(26-21-12-14-30-22-11-5-4-10-19(21)22)20-16-28(18-8-2-1-3-9-18)27-23(20)17-7-6-13-25-15-17/h1-11,13,15-16,21H,12,14H2,(H,26,29)/t21-/m1/s1. The Labute approximate surface area is 179 Å². The molecule has 0 aliphatic carbocycles. The second-order valence-electron chi connectivity index (χ2n) is 7.11. The van der Waals surface area contributed by atoms with E-state index in [2.05, 4.69) is 22.4 Å². The zero-order chi connectivity index (χ0) is 20.3. The maximum absolute atomic E-state index is 13.4. The van der Waals surface area contributed by atoms with Gasteiger partial charge in [-0.05, 0) is 42.3 Å². The Balaban J connectivity index is 1.52. The lowest BCUT2D eigenvalue weighted by Crippen LogP contribution is -2.30. The molecule has 5 nitrogen and oxygen atoms in total. The summed E-state index contributed by atoms with van der Waals surface area (Å²) in [5.41, 5.74) is 4.07. The zero-order valence-corrected chi connectivity index (χ0v) is 17.0.